The third-order valence-electron chi connectivity index (χ3n) is 2.84. The van der Waals surface area contributed by atoms with Crippen LogP contribution in [0.15, 0.2) is 29.6 Å². The van der Waals surface area contributed by atoms with Crippen molar-refractivity contribution in [2.24, 2.45) is 0 Å². The molecule has 0 aliphatic carbocycles. The van der Waals surface area contributed by atoms with Gasteiger partial charge in [-0.3, -0.25) is 0 Å². The van der Waals surface area contributed by atoms with E-state index in [-0.39, 0.29) is 16.9 Å². The van der Waals surface area contributed by atoms with Gasteiger partial charge >= 0.3 is 0 Å². The van der Waals surface area contributed by atoms with Gasteiger partial charge in [0.25, 0.3) is 16.0 Å². The summed E-state index contributed by atoms with van der Waals surface area (Å²) in [6.07, 6.45) is 4.35. The highest BCUT2D eigenvalue weighted by Gasteiger charge is 2.20. The van der Waals surface area contributed by atoms with E-state index in [4.69, 9.17) is 0 Å². The molecule has 2 aromatic rings. The van der Waals surface area contributed by atoms with E-state index in [2.05, 4.69) is 25.2 Å². The Balaban J connectivity index is 2.34. The highest BCUT2D eigenvalue weighted by molar-refractivity contribution is 7.92. The van der Waals surface area contributed by atoms with Crippen LogP contribution in [0.4, 0.5) is 5.95 Å². The average molecular weight is 310 g/mol. The van der Waals surface area contributed by atoms with Crippen LogP contribution < -0.4 is 10.0 Å². The Hall–Kier alpha value is -2.00. The fraction of sp³-hybridized carbons (Fsp3) is 0.417. The second kappa shape index (κ2) is 6.19. The number of anilines is 1. The molecule has 9 heteroatoms. The standard InChI is InChI=1S/C12H18N6O2S/c1-9(2)18-8-11(6-10(18)7-13-3)21(19,20)17-12-14-4-5-15-16-12/h4-6,8-9,13H,7H2,1-3H3,(H,14,16,17). The first-order chi connectivity index (χ1) is 9.94. The summed E-state index contributed by atoms with van der Waals surface area (Å²) in [5.74, 6) is -0.0510. The zero-order chi connectivity index (χ0) is 15.5. The van der Waals surface area contributed by atoms with Crippen molar-refractivity contribution in [3.05, 3.63) is 30.4 Å². The molecular formula is C12H18N6O2S. The zero-order valence-electron chi connectivity index (χ0n) is 12.1. The highest BCUT2D eigenvalue weighted by atomic mass is 32.2. The first kappa shape index (κ1) is 15.4. The summed E-state index contributed by atoms with van der Waals surface area (Å²) in [6.45, 7) is 4.57. The van der Waals surface area contributed by atoms with Gasteiger partial charge in [0.15, 0.2) is 0 Å². The monoisotopic (exact) mass is 310 g/mol. The number of nitrogens with one attached hydrogen (secondary N) is 2. The molecule has 0 radical (unpaired) electrons. The number of nitrogens with zero attached hydrogens (tertiary/aromatic N) is 4. The van der Waals surface area contributed by atoms with Crippen LogP contribution in [0.5, 0.6) is 0 Å². The molecule has 2 N–H and O–H groups in total. The molecule has 0 aliphatic rings. The second-order valence-electron chi connectivity index (χ2n) is 4.77. The Morgan fingerprint density at radius 3 is 2.67 bits per heavy atom. The van der Waals surface area contributed by atoms with Gasteiger partial charge in [-0.1, -0.05) is 0 Å². The molecule has 21 heavy (non-hydrogen) atoms. The molecule has 0 amide bonds. The lowest BCUT2D eigenvalue weighted by molar-refractivity contribution is 0.562. The molecule has 114 valence electrons. The van der Waals surface area contributed by atoms with Crippen molar-refractivity contribution in [1.29, 1.82) is 0 Å². The lowest BCUT2D eigenvalue weighted by Gasteiger charge is -2.11. The number of sulfonamides is 1. The summed E-state index contributed by atoms with van der Waals surface area (Å²) in [6, 6.07) is 1.79. The molecule has 0 aromatic carbocycles. The Morgan fingerprint density at radius 2 is 2.10 bits per heavy atom. The van der Waals surface area contributed by atoms with Gasteiger partial charge in [-0.2, -0.15) is 5.10 Å². The molecular weight excluding hydrogens is 292 g/mol. The van der Waals surface area contributed by atoms with E-state index < -0.39 is 10.0 Å². The molecule has 0 atom stereocenters. The van der Waals surface area contributed by atoms with Gasteiger partial charge in [0, 0.05) is 24.5 Å². The summed E-state index contributed by atoms with van der Waals surface area (Å²) < 4.78 is 28.9. The maximum atomic E-state index is 12.3. The molecule has 0 saturated heterocycles. The summed E-state index contributed by atoms with van der Waals surface area (Å²) in [4.78, 5) is 3.98. The van der Waals surface area contributed by atoms with E-state index in [1.807, 2.05) is 25.5 Å². The van der Waals surface area contributed by atoms with Crippen molar-refractivity contribution in [2.75, 3.05) is 11.8 Å². The van der Waals surface area contributed by atoms with E-state index in [0.717, 1.165) is 5.69 Å². The van der Waals surface area contributed by atoms with Gasteiger partial charge in [-0.25, -0.2) is 18.1 Å². The van der Waals surface area contributed by atoms with Gasteiger partial charge in [-0.05, 0) is 27.0 Å². The lowest BCUT2D eigenvalue weighted by atomic mass is 10.3. The minimum atomic E-state index is -3.73. The number of hydrogen-bond donors (Lipinski definition) is 2. The van der Waals surface area contributed by atoms with E-state index >= 15 is 0 Å². The van der Waals surface area contributed by atoms with E-state index in [1.54, 1.807) is 12.3 Å². The molecule has 0 aliphatic heterocycles. The van der Waals surface area contributed by atoms with Crippen LogP contribution in [-0.4, -0.2) is 35.2 Å². The first-order valence-electron chi connectivity index (χ1n) is 6.46. The van der Waals surface area contributed by atoms with Crippen LogP contribution in [0.1, 0.15) is 25.6 Å². The van der Waals surface area contributed by atoms with Gasteiger partial charge in [0.05, 0.1) is 12.4 Å². The summed E-state index contributed by atoms with van der Waals surface area (Å²) in [5, 5.41) is 10.2. The van der Waals surface area contributed by atoms with Gasteiger partial charge in [-0.15, -0.1) is 5.10 Å². The number of rotatable bonds is 6. The summed E-state index contributed by atoms with van der Waals surface area (Å²) in [7, 11) is -1.92. The van der Waals surface area contributed by atoms with E-state index in [1.165, 1.54) is 12.4 Å². The molecule has 0 unspecified atom stereocenters. The number of aromatic nitrogens is 4. The Kier molecular flexibility index (Phi) is 4.53. The van der Waals surface area contributed by atoms with Crippen molar-refractivity contribution in [2.45, 2.75) is 31.3 Å². The molecule has 2 rings (SSSR count). The maximum absolute atomic E-state index is 12.3. The highest BCUT2D eigenvalue weighted by Crippen LogP contribution is 2.20. The molecule has 8 nitrogen and oxygen atoms in total. The average Bonchev–Trinajstić information content (AvgIpc) is 2.85. The fourth-order valence-electron chi connectivity index (χ4n) is 1.92. The zero-order valence-corrected chi connectivity index (χ0v) is 12.9. The van der Waals surface area contributed by atoms with Crippen LogP contribution in [-0.2, 0) is 16.6 Å². The molecule has 0 saturated carbocycles. The van der Waals surface area contributed by atoms with Crippen molar-refractivity contribution >= 4 is 16.0 Å². The van der Waals surface area contributed by atoms with E-state index in [0.29, 0.717) is 6.54 Å². The van der Waals surface area contributed by atoms with Crippen LogP contribution in [0.25, 0.3) is 0 Å². The lowest BCUT2D eigenvalue weighted by Crippen LogP contribution is -2.14. The Morgan fingerprint density at radius 1 is 1.33 bits per heavy atom. The van der Waals surface area contributed by atoms with Crippen LogP contribution in [0, 0.1) is 0 Å². The van der Waals surface area contributed by atoms with Gasteiger partial charge in [0.2, 0.25) is 0 Å². The summed E-state index contributed by atoms with van der Waals surface area (Å²) >= 11 is 0. The fourth-order valence-corrected chi connectivity index (χ4v) is 2.92. The normalized spacial score (nSPS) is 11.8. The molecule has 2 heterocycles. The minimum absolute atomic E-state index is 0.0510. The topological polar surface area (TPSA) is 102 Å². The van der Waals surface area contributed by atoms with Gasteiger partial charge in [0.1, 0.15) is 4.90 Å². The largest absolute Gasteiger partial charge is 0.346 e. The molecule has 0 spiro atoms. The van der Waals surface area contributed by atoms with Crippen molar-refractivity contribution < 1.29 is 8.42 Å². The predicted octanol–water partition coefficient (Wildman–Crippen LogP) is 0.774. The third-order valence-corrected chi connectivity index (χ3v) is 4.13. The Bertz CT molecular complexity index is 696. The van der Waals surface area contributed by atoms with Gasteiger partial charge < -0.3 is 9.88 Å². The molecule has 0 bridgehead atoms. The maximum Gasteiger partial charge on any atom is 0.265 e. The summed E-state index contributed by atoms with van der Waals surface area (Å²) in [5.41, 5.74) is 0.889. The van der Waals surface area contributed by atoms with Crippen molar-refractivity contribution in [1.82, 2.24) is 25.1 Å². The van der Waals surface area contributed by atoms with Crippen LogP contribution in [0.3, 0.4) is 0 Å². The second-order valence-corrected chi connectivity index (χ2v) is 6.45. The minimum Gasteiger partial charge on any atom is -0.346 e. The first-order valence-corrected chi connectivity index (χ1v) is 7.94. The Labute approximate surface area is 123 Å². The quantitative estimate of drug-likeness (QED) is 0.817. The van der Waals surface area contributed by atoms with Crippen LogP contribution >= 0.6 is 0 Å². The predicted molar refractivity (Wildman–Crippen MR) is 78.2 cm³/mol. The van der Waals surface area contributed by atoms with Crippen molar-refractivity contribution in [3.8, 4) is 0 Å². The molecule has 0 fully saturated rings. The van der Waals surface area contributed by atoms with Crippen LogP contribution in [0.2, 0.25) is 0 Å². The smallest absolute Gasteiger partial charge is 0.265 e. The molecule has 2 aromatic heterocycles. The van der Waals surface area contributed by atoms with E-state index in [9.17, 15) is 8.42 Å². The third kappa shape index (κ3) is 3.56. The van der Waals surface area contributed by atoms with Crippen molar-refractivity contribution in [3.63, 3.8) is 0 Å². The number of hydrogen-bond acceptors (Lipinski definition) is 6. The SMILES string of the molecule is CNCc1cc(S(=O)(=O)Nc2nccnn2)cn1C(C)C.